The van der Waals surface area contributed by atoms with Crippen molar-refractivity contribution in [2.45, 2.75) is 0 Å². The molecule has 0 bridgehead atoms. The fourth-order valence-electron chi connectivity index (χ4n) is 0.907. The molecule has 0 atom stereocenters. The third-order valence-electron chi connectivity index (χ3n) is 1.47. The van der Waals surface area contributed by atoms with E-state index >= 15 is 0 Å². The molecule has 0 aliphatic heterocycles. The van der Waals surface area contributed by atoms with Crippen LogP contribution in [0.2, 0.25) is 0 Å². The molecule has 1 aromatic carbocycles. The molecule has 1 amide bonds. The van der Waals surface area contributed by atoms with Crippen LogP contribution in [-0.4, -0.2) is 13.8 Å². The van der Waals surface area contributed by atoms with Crippen LogP contribution in [-0.2, 0) is 0 Å². The van der Waals surface area contributed by atoms with Crippen molar-refractivity contribution in [3.05, 3.63) is 23.8 Å². The van der Waals surface area contributed by atoms with Crippen molar-refractivity contribution in [3.63, 3.8) is 0 Å². The maximum atomic E-state index is 10.7. The van der Waals surface area contributed by atoms with Gasteiger partial charge in [-0.15, -0.1) is 0 Å². The van der Waals surface area contributed by atoms with Crippen molar-refractivity contribution in [1.82, 2.24) is 0 Å². The number of carbonyl (C=O) groups is 1. The van der Waals surface area contributed by atoms with Crippen LogP contribution < -0.4 is 16.9 Å². The van der Waals surface area contributed by atoms with E-state index in [-0.39, 0.29) is 0 Å². The first-order valence-electron chi connectivity index (χ1n) is 3.27. The Balaban J connectivity index is 3.20. The predicted molar refractivity (Wildman–Crippen MR) is 47.6 cm³/mol. The first kappa shape index (κ1) is 7.66. The van der Waals surface area contributed by atoms with Gasteiger partial charge in [0, 0.05) is 5.69 Å². The van der Waals surface area contributed by atoms with Crippen molar-refractivity contribution in [1.29, 1.82) is 0 Å². The molecule has 1 rings (SSSR count). The summed E-state index contributed by atoms with van der Waals surface area (Å²) in [6, 6.07) is 5.16. The van der Waals surface area contributed by atoms with E-state index in [0.717, 1.165) is 5.46 Å². The van der Waals surface area contributed by atoms with Gasteiger partial charge in [0.15, 0.2) is 0 Å². The lowest BCUT2D eigenvalue weighted by Crippen LogP contribution is -2.15. The Morgan fingerprint density at radius 1 is 1.45 bits per heavy atom. The molecule has 3 nitrogen and oxygen atoms in total. The second-order valence-electron chi connectivity index (χ2n) is 2.45. The van der Waals surface area contributed by atoms with E-state index in [1.807, 2.05) is 7.85 Å². The van der Waals surface area contributed by atoms with Crippen molar-refractivity contribution >= 4 is 24.9 Å². The third kappa shape index (κ3) is 1.52. The van der Waals surface area contributed by atoms with Gasteiger partial charge < -0.3 is 11.5 Å². The molecule has 0 saturated heterocycles. The fourth-order valence-corrected chi connectivity index (χ4v) is 0.907. The quantitative estimate of drug-likeness (QED) is 0.381. The Morgan fingerprint density at radius 2 is 2.09 bits per heavy atom. The molecule has 0 radical (unpaired) electrons. The Hall–Kier alpha value is -1.45. The van der Waals surface area contributed by atoms with E-state index in [1.54, 1.807) is 18.2 Å². The van der Waals surface area contributed by atoms with E-state index in [2.05, 4.69) is 0 Å². The highest BCUT2D eigenvalue weighted by molar-refractivity contribution is 6.32. The molecule has 11 heavy (non-hydrogen) atoms. The molecule has 4 N–H and O–H groups in total. The zero-order chi connectivity index (χ0) is 8.43. The van der Waals surface area contributed by atoms with Gasteiger partial charge in [-0.3, -0.25) is 4.79 Å². The summed E-state index contributed by atoms with van der Waals surface area (Å²) in [5, 5.41) is 0. The van der Waals surface area contributed by atoms with Gasteiger partial charge in [-0.1, -0.05) is 11.5 Å². The van der Waals surface area contributed by atoms with Crippen molar-refractivity contribution in [2.75, 3.05) is 5.73 Å². The van der Waals surface area contributed by atoms with E-state index in [0.29, 0.717) is 11.3 Å². The molecular weight excluding hydrogens is 139 g/mol. The molecule has 0 unspecified atom stereocenters. The van der Waals surface area contributed by atoms with Crippen LogP contribution in [0.1, 0.15) is 10.4 Å². The van der Waals surface area contributed by atoms with E-state index in [1.165, 1.54) is 0 Å². The summed E-state index contributed by atoms with van der Waals surface area (Å²) >= 11 is 0. The first-order valence-corrected chi connectivity index (χ1v) is 3.27. The Labute approximate surface area is 65.8 Å². The van der Waals surface area contributed by atoms with Crippen LogP contribution in [0.4, 0.5) is 5.69 Å². The number of hydrogen-bond acceptors (Lipinski definition) is 2. The monoisotopic (exact) mass is 148 g/mol. The summed E-state index contributed by atoms with van der Waals surface area (Å²) in [7, 11) is 1.90. The summed E-state index contributed by atoms with van der Waals surface area (Å²) in [4.78, 5) is 10.7. The highest BCUT2D eigenvalue weighted by Crippen LogP contribution is 2.06. The number of anilines is 1. The number of hydrogen-bond donors (Lipinski definition) is 2. The van der Waals surface area contributed by atoms with Gasteiger partial charge in [0.05, 0.1) is 5.56 Å². The highest BCUT2D eigenvalue weighted by Gasteiger charge is 2.03. The summed E-state index contributed by atoms with van der Waals surface area (Å²) < 4.78 is 0. The lowest BCUT2D eigenvalue weighted by Gasteiger charge is -2.01. The average Bonchev–Trinajstić information content (AvgIpc) is 1.85. The Morgan fingerprint density at radius 3 is 2.55 bits per heavy atom. The second-order valence-corrected chi connectivity index (χ2v) is 2.45. The van der Waals surface area contributed by atoms with Crippen LogP contribution in [0.3, 0.4) is 0 Å². The smallest absolute Gasteiger partial charge is 0.250 e. The second kappa shape index (κ2) is 2.66. The van der Waals surface area contributed by atoms with Crippen LogP contribution in [0.15, 0.2) is 18.2 Å². The van der Waals surface area contributed by atoms with Crippen LogP contribution in [0, 0.1) is 0 Å². The number of rotatable bonds is 1. The van der Waals surface area contributed by atoms with E-state index in [4.69, 9.17) is 11.5 Å². The molecular formula is C7H9BN2O. The van der Waals surface area contributed by atoms with Gasteiger partial charge in [-0.25, -0.2) is 0 Å². The number of amides is 1. The van der Waals surface area contributed by atoms with Crippen molar-refractivity contribution < 1.29 is 4.79 Å². The zero-order valence-electron chi connectivity index (χ0n) is 6.29. The topological polar surface area (TPSA) is 69.1 Å². The maximum Gasteiger partial charge on any atom is 0.250 e. The molecule has 4 heteroatoms. The number of benzene rings is 1. The van der Waals surface area contributed by atoms with Gasteiger partial charge in [-0.05, 0) is 12.1 Å². The molecule has 0 fully saturated rings. The summed E-state index contributed by atoms with van der Waals surface area (Å²) in [5.74, 6) is -0.484. The number of carbonyl (C=O) groups excluding carboxylic acids is 1. The van der Waals surface area contributed by atoms with Gasteiger partial charge in [0.25, 0.3) is 5.91 Å². The van der Waals surface area contributed by atoms with Gasteiger partial charge >= 0.3 is 0 Å². The van der Waals surface area contributed by atoms with Crippen molar-refractivity contribution in [3.8, 4) is 0 Å². The van der Waals surface area contributed by atoms with Gasteiger partial charge in [0.1, 0.15) is 7.85 Å². The van der Waals surface area contributed by atoms with Crippen molar-refractivity contribution in [2.24, 2.45) is 5.73 Å². The first-order chi connectivity index (χ1) is 5.11. The van der Waals surface area contributed by atoms with E-state index < -0.39 is 5.91 Å². The standard InChI is InChI=1S/C7H9BN2O/c8-4-1-2-5(7(10)11)6(9)3-4/h1-3H,8-9H2,(H2,10,11). The van der Waals surface area contributed by atoms with E-state index in [9.17, 15) is 4.79 Å². The van der Waals surface area contributed by atoms with Gasteiger partial charge in [0.2, 0.25) is 0 Å². The number of nitrogens with two attached hydrogens (primary N) is 2. The molecule has 0 spiro atoms. The SMILES string of the molecule is Bc1ccc(C(N)=O)c(N)c1. The normalized spacial score (nSPS) is 9.45. The van der Waals surface area contributed by atoms with Gasteiger partial charge in [-0.2, -0.15) is 0 Å². The third-order valence-corrected chi connectivity index (χ3v) is 1.47. The summed E-state index contributed by atoms with van der Waals surface area (Å²) in [5.41, 5.74) is 12.4. The van der Waals surface area contributed by atoms with Crippen LogP contribution in [0.5, 0.6) is 0 Å². The molecule has 0 aliphatic rings. The Kier molecular flexibility index (Phi) is 1.85. The Bertz CT molecular complexity index is 298. The average molecular weight is 148 g/mol. The summed E-state index contributed by atoms with van der Waals surface area (Å²) in [6.45, 7) is 0. The van der Waals surface area contributed by atoms with Crippen LogP contribution >= 0.6 is 0 Å². The fraction of sp³-hybridized carbons (Fsp3) is 0. The molecule has 0 saturated carbocycles. The molecule has 1 aromatic rings. The number of nitrogen functional groups attached to an aromatic ring is 1. The minimum Gasteiger partial charge on any atom is -0.398 e. The lowest BCUT2D eigenvalue weighted by molar-refractivity contribution is 0.100. The molecule has 0 aromatic heterocycles. The predicted octanol–water partition coefficient (Wildman–Crippen LogP) is -1.37. The highest BCUT2D eigenvalue weighted by atomic mass is 16.1. The lowest BCUT2D eigenvalue weighted by atomic mass is 9.94. The molecule has 0 heterocycles. The minimum atomic E-state index is -0.484. The molecule has 56 valence electrons. The summed E-state index contributed by atoms with van der Waals surface area (Å²) in [6.07, 6.45) is 0. The minimum absolute atomic E-state index is 0.385. The molecule has 0 aliphatic carbocycles. The number of primary amides is 1. The largest absolute Gasteiger partial charge is 0.398 e. The zero-order valence-corrected chi connectivity index (χ0v) is 6.29. The van der Waals surface area contributed by atoms with Crippen LogP contribution in [0.25, 0.3) is 0 Å². The maximum absolute atomic E-state index is 10.7.